The van der Waals surface area contributed by atoms with E-state index in [-0.39, 0.29) is 12.5 Å². The summed E-state index contributed by atoms with van der Waals surface area (Å²) in [6.45, 7) is 3.86. The van der Waals surface area contributed by atoms with Gasteiger partial charge in [-0.05, 0) is 37.6 Å². The first kappa shape index (κ1) is 16.1. The van der Waals surface area contributed by atoms with Crippen molar-refractivity contribution in [2.45, 2.75) is 20.4 Å². The molecule has 0 unspecified atom stereocenters. The zero-order chi connectivity index (χ0) is 17.3. The maximum Gasteiger partial charge on any atom is 0.244 e. The van der Waals surface area contributed by atoms with Gasteiger partial charge in [-0.2, -0.15) is 5.26 Å². The first-order valence-electron chi connectivity index (χ1n) is 7.56. The van der Waals surface area contributed by atoms with Crippen LogP contribution in [0.25, 0.3) is 10.9 Å². The van der Waals surface area contributed by atoms with Gasteiger partial charge in [0.05, 0.1) is 11.1 Å². The van der Waals surface area contributed by atoms with Gasteiger partial charge in [0, 0.05) is 21.8 Å². The van der Waals surface area contributed by atoms with Crippen molar-refractivity contribution in [3.05, 3.63) is 64.3 Å². The van der Waals surface area contributed by atoms with E-state index in [1.165, 1.54) is 0 Å². The van der Waals surface area contributed by atoms with Crippen molar-refractivity contribution >= 4 is 34.1 Å². The minimum absolute atomic E-state index is 0.139. The molecule has 24 heavy (non-hydrogen) atoms. The molecule has 0 fully saturated rings. The number of halogens is 1. The highest BCUT2D eigenvalue weighted by atomic mass is 35.5. The van der Waals surface area contributed by atoms with Crippen LogP contribution in [0, 0.1) is 25.2 Å². The lowest BCUT2D eigenvalue weighted by atomic mass is 10.1. The molecule has 1 N–H and O–H groups in total. The van der Waals surface area contributed by atoms with Gasteiger partial charge >= 0.3 is 0 Å². The molecule has 1 amide bonds. The fourth-order valence-corrected chi connectivity index (χ4v) is 3.03. The summed E-state index contributed by atoms with van der Waals surface area (Å²) in [5.41, 5.74) is 3.81. The number of amides is 1. The first-order chi connectivity index (χ1) is 11.5. The predicted molar refractivity (Wildman–Crippen MR) is 96.2 cm³/mol. The second kappa shape index (κ2) is 6.38. The lowest BCUT2D eigenvalue weighted by Crippen LogP contribution is -2.20. The van der Waals surface area contributed by atoms with E-state index in [9.17, 15) is 10.1 Å². The molecule has 0 spiro atoms. The summed E-state index contributed by atoms with van der Waals surface area (Å²) in [6.07, 6.45) is 0. The number of carbonyl (C=O) groups is 1. The third-order valence-corrected chi connectivity index (χ3v) is 4.60. The molecule has 5 heteroatoms. The Kier molecular flexibility index (Phi) is 4.28. The molecule has 2 aromatic carbocycles. The fraction of sp³-hybridized carbons (Fsp3) is 0.158. The quantitative estimate of drug-likeness (QED) is 0.769. The Morgan fingerprint density at radius 1 is 1.21 bits per heavy atom. The number of nitrogens with zero attached hydrogens (tertiary/aromatic N) is 2. The molecular formula is C19H16ClN3O. The van der Waals surface area contributed by atoms with Gasteiger partial charge in [-0.15, -0.1) is 0 Å². The Labute approximate surface area is 145 Å². The van der Waals surface area contributed by atoms with E-state index in [0.29, 0.717) is 16.3 Å². The van der Waals surface area contributed by atoms with E-state index in [2.05, 4.69) is 11.4 Å². The predicted octanol–water partition coefficient (Wildman–Crippen LogP) is 4.42. The van der Waals surface area contributed by atoms with Crippen LogP contribution in [-0.4, -0.2) is 10.5 Å². The normalized spacial score (nSPS) is 10.6. The zero-order valence-corrected chi connectivity index (χ0v) is 14.2. The Balaban J connectivity index is 1.93. The molecule has 3 rings (SSSR count). The topological polar surface area (TPSA) is 57.8 Å². The fourth-order valence-electron chi connectivity index (χ4n) is 2.85. The number of rotatable bonds is 3. The number of nitrogens with one attached hydrogen (secondary N) is 1. The summed E-state index contributed by atoms with van der Waals surface area (Å²) in [6, 6.07) is 15.2. The van der Waals surface area contributed by atoms with Crippen molar-refractivity contribution in [3.8, 4) is 6.07 Å². The maximum absolute atomic E-state index is 12.5. The van der Waals surface area contributed by atoms with Crippen LogP contribution in [0.15, 0.2) is 42.5 Å². The summed E-state index contributed by atoms with van der Waals surface area (Å²) in [5, 5.41) is 13.8. The molecule has 1 heterocycles. The highest BCUT2D eigenvalue weighted by Gasteiger charge is 2.16. The van der Waals surface area contributed by atoms with Crippen molar-refractivity contribution < 1.29 is 4.79 Å². The first-order valence-corrected chi connectivity index (χ1v) is 7.93. The van der Waals surface area contributed by atoms with Crippen LogP contribution in [0.4, 0.5) is 5.69 Å². The largest absolute Gasteiger partial charge is 0.334 e. The number of fused-ring (bicyclic) bond motifs is 1. The Hall–Kier alpha value is -2.77. The molecule has 1 aromatic heterocycles. The molecule has 0 bridgehead atoms. The summed E-state index contributed by atoms with van der Waals surface area (Å²) < 4.78 is 1.86. The molecule has 4 nitrogen and oxygen atoms in total. The van der Waals surface area contributed by atoms with Crippen molar-refractivity contribution in [1.29, 1.82) is 5.26 Å². The van der Waals surface area contributed by atoms with E-state index < -0.39 is 0 Å². The van der Waals surface area contributed by atoms with Gasteiger partial charge in [0.25, 0.3) is 0 Å². The number of para-hydroxylation sites is 1. The van der Waals surface area contributed by atoms with E-state index in [4.69, 9.17) is 11.6 Å². The number of carbonyl (C=O) groups excluding carboxylic acids is 1. The minimum Gasteiger partial charge on any atom is -0.334 e. The number of hydrogen-bond donors (Lipinski definition) is 1. The zero-order valence-electron chi connectivity index (χ0n) is 13.4. The summed E-state index contributed by atoms with van der Waals surface area (Å²) in [7, 11) is 0. The van der Waals surface area contributed by atoms with Crippen LogP contribution >= 0.6 is 11.6 Å². The van der Waals surface area contributed by atoms with E-state index >= 15 is 0 Å². The monoisotopic (exact) mass is 337 g/mol. The number of nitriles is 1. The average molecular weight is 338 g/mol. The number of hydrogen-bond acceptors (Lipinski definition) is 2. The van der Waals surface area contributed by atoms with Crippen molar-refractivity contribution in [3.63, 3.8) is 0 Å². The molecule has 0 saturated carbocycles. The molecule has 0 radical (unpaired) electrons. The van der Waals surface area contributed by atoms with Crippen molar-refractivity contribution in [2.24, 2.45) is 0 Å². The van der Waals surface area contributed by atoms with Crippen LogP contribution < -0.4 is 5.32 Å². The smallest absolute Gasteiger partial charge is 0.244 e. The second-order valence-corrected chi connectivity index (χ2v) is 6.04. The molecule has 0 aliphatic rings. The van der Waals surface area contributed by atoms with Crippen LogP contribution in [0.3, 0.4) is 0 Å². The van der Waals surface area contributed by atoms with Crippen LogP contribution in [0.2, 0.25) is 5.02 Å². The van der Waals surface area contributed by atoms with Gasteiger partial charge in [0.15, 0.2) is 0 Å². The van der Waals surface area contributed by atoms with E-state index in [1.54, 1.807) is 12.1 Å². The van der Waals surface area contributed by atoms with Gasteiger partial charge in [-0.25, -0.2) is 0 Å². The average Bonchev–Trinajstić information content (AvgIpc) is 2.84. The second-order valence-electron chi connectivity index (χ2n) is 5.64. The molecule has 3 aromatic rings. The lowest BCUT2D eigenvalue weighted by Gasteiger charge is -2.12. The lowest BCUT2D eigenvalue weighted by molar-refractivity contribution is -0.116. The van der Waals surface area contributed by atoms with Gasteiger partial charge in [0.2, 0.25) is 5.91 Å². The number of aromatic nitrogens is 1. The van der Waals surface area contributed by atoms with Gasteiger partial charge in [0.1, 0.15) is 12.6 Å². The van der Waals surface area contributed by atoms with E-state index in [0.717, 1.165) is 22.2 Å². The Morgan fingerprint density at radius 3 is 2.71 bits per heavy atom. The summed E-state index contributed by atoms with van der Waals surface area (Å²) in [4.78, 5) is 12.5. The molecule has 120 valence electrons. The van der Waals surface area contributed by atoms with Gasteiger partial charge in [-0.3, -0.25) is 4.79 Å². The molecule has 0 saturated heterocycles. The van der Waals surface area contributed by atoms with Crippen LogP contribution in [0.5, 0.6) is 0 Å². The van der Waals surface area contributed by atoms with Crippen LogP contribution in [0.1, 0.15) is 16.8 Å². The van der Waals surface area contributed by atoms with Crippen LogP contribution in [-0.2, 0) is 11.3 Å². The van der Waals surface area contributed by atoms with E-state index in [1.807, 2.05) is 48.7 Å². The molecule has 0 aliphatic carbocycles. The third kappa shape index (κ3) is 2.75. The molecule has 0 atom stereocenters. The number of anilines is 1. The number of benzene rings is 2. The summed E-state index contributed by atoms with van der Waals surface area (Å²) in [5.74, 6) is -0.159. The minimum atomic E-state index is -0.159. The maximum atomic E-state index is 12.5. The Bertz CT molecular complexity index is 982. The summed E-state index contributed by atoms with van der Waals surface area (Å²) >= 11 is 6.09. The molecule has 0 aliphatic heterocycles. The van der Waals surface area contributed by atoms with Gasteiger partial charge in [-0.1, -0.05) is 35.9 Å². The highest BCUT2D eigenvalue weighted by molar-refractivity contribution is 6.31. The Morgan fingerprint density at radius 2 is 1.96 bits per heavy atom. The third-order valence-electron chi connectivity index (χ3n) is 4.19. The molecular weight excluding hydrogens is 322 g/mol. The van der Waals surface area contributed by atoms with Crippen molar-refractivity contribution in [1.82, 2.24) is 4.57 Å². The van der Waals surface area contributed by atoms with Gasteiger partial charge < -0.3 is 9.88 Å². The van der Waals surface area contributed by atoms with Crippen molar-refractivity contribution in [2.75, 3.05) is 5.32 Å². The standard InChI is InChI=1S/C19H16ClN3O/c1-12-16(20)7-5-8-17(12)22-19(24)11-23-13(2)15(10-21)14-6-3-4-9-18(14)23/h3-9H,11H2,1-2H3,(H,22,24). The highest BCUT2D eigenvalue weighted by Crippen LogP contribution is 2.26. The SMILES string of the molecule is Cc1c(Cl)cccc1NC(=O)Cn1c(C)c(C#N)c2ccccc21.